The van der Waals surface area contributed by atoms with E-state index in [1.165, 1.54) is 0 Å². The Morgan fingerprint density at radius 3 is 2.41 bits per heavy atom. The number of rotatable bonds is 8. The van der Waals surface area contributed by atoms with Crippen LogP contribution >= 0.6 is 0 Å². The zero-order valence-electron chi connectivity index (χ0n) is 11.5. The summed E-state index contributed by atoms with van der Waals surface area (Å²) < 4.78 is 0. The van der Waals surface area contributed by atoms with Gasteiger partial charge in [-0.1, -0.05) is 13.2 Å². The molecule has 0 aliphatic carbocycles. The molecule has 17 heavy (non-hydrogen) atoms. The number of allylic oxidation sites excluding steroid dienone is 2. The normalized spacial score (nSPS) is 11.8. The third-order valence-corrected chi connectivity index (χ3v) is 2.99. The van der Waals surface area contributed by atoms with E-state index in [0.717, 1.165) is 29.9 Å². The molecule has 98 valence electrons. The summed E-state index contributed by atoms with van der Waals surface area (Å²) in [7, 11) is 3.99. The lowest BCUT2D eigenvalue weighted by atomic mass is 10.1. The smallest absolute Gasteiger partial charge is 0.0696 e. The molecule has 0 atom stereocenters. The number of likely N-dealkylation sites (N-methyl/N-ethyl adjacent to an activating group) is 1. The van der Waals surface area contributed by atoms with Crippen LogP contribution in [0.4, 0.5) is 0 Å². The molecule has 0 saturated heterocycles. The maximum absolute atomic E-state index is 4.99. The van der Waals surface area contributed by atoms with Crippen molar-refractivity contribution in [3.05, 3.63) is 36.3 Å². The largest absolute Gasteiger partial charge is 0.375 e. The molecule has 0 saturated carbocycles. The van der Waals surface area contributed by atoms with Crippen LogP contribution in [0.3, 0.4) is 0 Å². The van der Waals surface area contributed by atoms with Crippen LogP contribution < -0.4 is 5.90 Å². The van der Waals surface area contributed by atoms with Gasteiger partial charge in [-0.05, 0) is 32.0 Å². The molecule has 0 spiro atoms. The maximum Gasteiger partial charge on any atom is 0.0696 e. The number of hydrogen-bond donors (Lipinski definition) is 1. The second kappa shape index (κ2) is 7.92. The lowest BCUT2D eigenvalue weighted by Crippen LogP contribution is -2.22. The second-order valence-corrected chi connectivity index (χ2v) is 4.10. The molecular weight excluding hydrogens is 214 g/mol. The van der Waals surface area contributed by atoms with E-state index >= 15 is 0 Å². The summed E-state index contributed by atoms with van der Waals surface area (Å²) in [5, 5.41) is 0. The Balaban J connectivity index is 4.52. The van der Waals surface area contributed by atoms with Crippen LogP contribution in [0.1, 0.15) is 20.3 Å². The minimum atomic E-state index is 0.561. The van der Waals surface area contributed by atoms with E-state index in [4.69, 9.17) is 5.90 Å². The van der Waals surface area contributed by atoms with Gasteiger partial charge in [-0.2, -0.15) is 0 Å². The predicted octanol–water partition coefficient (Wildman–Crippen LogP) is 2.08. The third kappa shape index (κ3) is 5.06. The average molecular weight is 239 g/mol. The van der Waals surface area contributed by atoms with Gasteiger partial charge in [0.05, 0.1) is 6.61 Å². The first-order valence-electron chi connectivity index (χ1n) is 5.70. The zero-order chi connectivity index (χ0) is 13.4. The first-order valence-corrected chi connectivity index (χ1v) is 5.70. The summed E-state index contributed by atoms with van der Waals surface area (Å²) in [5.41, 5.74) is 3.31. The molecule has 2 N–H and O–H groups in total. The number of nitrogens with two attached hydrogens (primary N) is 1. The minimum Gasteiger partial charge on any atom is -0.375 e. The first-order chi connectivity index (χ1) is 7.95. The summed E-state index contributed by atoms with van der Waals surface area (Å²) in [5.74, 6) is 4.99. The molecular formula is C13H25N3O. The van der Waals surface area contributed by atoms with Crippen molar-refractivity contribution in [2.45, 2.75) is 20.3 Å². The Morgan fingerprint density at radius 1 is 1.35 bits per heavy atom. The molecule has 0 bridgehead atoms. The fourth-order valence-corrected chi connectivity index (χ4v) is 1.42. The fraction of sp³-hybridized carbons (Fsp3) is 0.538. The van der Waals surface area contributed by atoms with Crippen molar-refractivity contribution in [2.24, 2.45) is 5.90 Å². The molecule has 0 aromatic carbocycles. The Morgan fingerprint density at radius 2 is 1.94 bits per heavy atom. The van der Waals surface area contributed by atoms with Crippen molar-refractivity contribution < 1.29 is 4.84 Å². The summed E-state index contributed by atoms with van der Waals surface area (Å²) in [6.45, 7) is 13.4. The molecule has 0 amide bonds. The second-order valence-electron chi connectivity index (χ2n) is 4.10. The Kier molecular flexibility index (Phi) is 7.34. The molecule has 4 nitrogen and oxygen atoms in total. The highest BCUT2D eigenvalue weighted by atomic mass is 16.6. The monoisotopic (exact) mass is 239 g/mol. The van der Waals surface area contributed by atoms with Crippen molar-refractivity contribution in [1.29, 1.82) is 0 Å². The van der Waals surface area contributed by atoms with Gasteiger partial charge in [-0.15, -0.1) is 0 Å². The fourth-order valence-electron chi connectivity index (χ4n) is 1.42. The Hall–Kier alpha value is -1.26. The Bertz CT molecular complexity index is 297. The van der Waals surface area contributed by atoms with E-state index in [9.17, 15) is 0 Å². The highest BCUT2D eigenvalue weighted by molar-refractivity contribution is 5.29. The predicted molar refractivity (Wildman–Crippen MR) is 72.9 cm³/mol. The van der Waals surface area contributed by atoms with Crippen molar-refractivity contribution in [1.82, 2.24) is 9.80 Å². The van der Waals surface area contributed by atoms with E-state index in [1.807, 2.05) is 19.0 Å². The quantitative estimate of drug-likeness (QED) is 0.400. The molecule has 0 heterocycles. The summed E-state index contributed by atoms with van der Waals surface area (Å²) in [4.78, 5) is 8.64. The van der Waals surface area contributed by atoms with Crippen molar-refractivity contribution in [2.75, 3.05) is 27.2 Å². The van der Waals surface area contributed by atoms with E-state index < -0.39 is 0 Å². The van der Waals surface area contributed by atoms with Gasteiger partial charge < -0.3 is 14.6 Å². The van der Waals surface area contributed by atoms with Crippen LogP contribution in [0.25, 0.3) is 0 Å². The highest BCUT2D eigenvalue weighted by Crippen LogP contribution is 2.17. The van der Waals surface area contributed by atoms with Gasteiger partial charge in [0.25, 0.3) is 0 Å². The number of nitrogens with zero attached hydrogens (tertiary/aromatic N) is 2. The summed E-state index contributed by atoms with van der Waals surface area (Å²) in [6, 6.07) is 0. The molecule has 0 radical (unpaired) electrons. The van der Waals surface area contributed by atoms with E-state index in [2.05, 4.69) is 36.7 Å². The lowest BCUT2D eigenvalue weighted by molar-refractivity contribution is 0.130. The van der Waals surface area contributed by atoms with Gasteiger partial charge in [0.15, 0.2) is 0 Å². The van der Waals surface area contributed by atoms with Crippen LogP contribution in [0, 0.1) is 0 Å². The van der Waals surface area contributed by atoms with Crippen molar-refractivity contribution in [3.63, 3.8) is 0 Å². The summed E-state index contributed by atoms with van der Waals surface area (Å²) >= 11 is 0. The van der Waals surface area contributed by atoms with Gasteiger partial charge >= 0.3 is 0 Å². The minimum absolute atomic E-state index is 0.561. The molecule has 0 unspecified atom stereocenters. The van der Waals surface area contributed by atoms with Crippen LogP contribution in [0.2, 0.25) is 0 Å². The molecule has 0 aliphatic heterocycles. The topological polar surface area (TPSA) is 41.7 Å². The van der Waals surface area contributed by atoms with Crippen LogP contribution in [0.5, 0.6) is 0 Å². The molecule has 0 aromatic rings. The zero-order valence-corrected chi connectivity index (χ0v) is 11.5. The number of hydrogen-bond acceptors (Lipinski definition) is 4. The SMILES string of the molecule is C=CN(C)/C(C)=C(/C)C(=C)N(C)CCCON. The van der Waals surface area contributed by atoms with Crippen molar-refractivity contribution in [3.8, 4) is 0 Å². The third-order valence-electron chi connectivity index (χ3n) is 2.99. The van der Waals surface area contributed by atoms with Gasteiger partial charge in [0, 0.05) is 32.0 Å². The molecule has 0 fully saturated rings. The summed E-state index contributed by atoms with van der Waals surface area (Å²) in [6.07, 6.45) is 2.67. The molecule has 4 heteroatoms. The highest BCUT2D eigenvalue weighted by Gasteiger charge is 2.08. The van der Waals surface area contributed by atoms with Gasteiger partial charge in [0.1, 0.15) is 0 Å². The average Bonchev–Trinajstić information content (AvgIpc) is 2.35. The van der Waals surface area contributed by atoms with Crippen LogP contribution in [-0.4, -0.2) is 37.0 Å². The Labute approximate surface area is 105 Å². The molecule has 0 rings (SSSR count). The standard InChI is InChI=1S/C13H25N3O/c1-7-15(5)12(3)11(2)13(4)16(6)9-8-10-17-14/h7H,1,4,8-10,14H2,2-3,5-6H3/b12-11-. The lowest BCUT2D eigenvalue weighted by Gasteiger charge is -2.25. The first kappa shape index (κ1) is 15.7. The van der Waals surface area contributed by atoms with Gasteiger partial charge in [0.2, 0.25) is 0 Å². The van der Waals surface area contributed by atoms with E-state index in [-0.39, 0.29) is 0 Å². The van der Waals surface area contributed by atoms with Crippen LogP contribution in [-0.2, 0) is 4.84 Å². The van der Waals surface area contributed by atoms with Gasteiger partial charge in [-0.3, -0.25) is 0 Å². The van der Waals surface area contributed by atoms with E-state index in [1.54, 1.807) is 6.20 Å². The molecule has 0 aromatic heterocycles. The van der Waals surface area contributed by atoms with Crippen molar-refractivity contribution >= 4 is 0 Å². The van der Waals surface area contributed by atoms with E-state index in [0.29, 0.717) is 6.61 Å². The maximum atomic E-state index is 4.99. The van der Waals surface area contributed by atoms with Gasteiger partial charge in [-0.25, -0.2) is 5.90 Å². The molecule has 0 aliphatic rings. The van der Waals surface area contributed by atoms with Crippen LogP contribution in [0.15, 0.2) is 36.3 Å².